The third-order valence-electron chi connectivity index (χ3n) is 4.49. The molecule has 0 saturated heterocycles. The van der Waals surface area contributed by atoms with Gasteiger partial charge in [0.1, 0.15) is 0 Å². The molecule has 1 aliphatic rings. The lowest BCUT2D eigenvalue weighted by Gasteiger charge is -2.22. The summed E-state index contributed by atoms with van der Waals surface area (Å²) in [6.07, 6.45) is 0.737. The second kappa shape index (κ2) is 8.08. The first-order valence-electron chi connectivity index (χ1n) is 8.90. The normalized spacial score (nSPS) is 15.1. The molecule has 0 bridgehead atoms. The molecule has 0 fully saturated rings. The number of esters is 1. The van der Waals surface area contributed by atoms with Gasteiger partial charge in [0.2, 0.25) is 0 Å². The van der Waals surface area contributed by atoms with Crippen molar-refractivity contribution in [2.45, 2.75) is 26.3 Å². The molecule has 2 aromatic carbocycles. The summed E-state index contributed by atoms with van der Waals surface area (Å²) in [5.41, 5.74) is 1.53. The summed E-state index contributed by atoms with van der Waals surface area (Å²) in [5.74, 6) is -1.08. The molecule has 28 heavy (non-hydrogen) atoms. The monoisotopic (exact) mass is 384 g/mol. The van der Waals surface area contributed by atoms with E-state index in [0.29, 0.717) is 0 Å². The molecule has 0 aliphatic carbocycles. The minimum atomic E-state index is -0.806. The van der Waals surface area contributed by atoms with E-state index >= 15 is 0 Å². The second-order valence-electron chi connectivity index (χ2n) is 6.39. The van der Waals surface area contributed by atoms with Crippen LogP contribution in [0.2, 0.25) is 0 Å². The number of carbonyl (C=O) groups is 2. The lowest BCUT2D eigenvalue weighted by molar-refractivity contribution is -0.385. The molecular formula is C20H20N2O6. The van der Waals surface area contributed by atoms with Crippen LogP contribution >= 0.6 is 0 Å². The predicted molar refractivity (Wildman–Crippen MR) is 102 cm³/mol. The largest absolute Gasteiger partial charge is 0.487 e. The number of hydrogen-bond acceptors (Lipinski definition) is 6. The number of nitrogens with zero attached hydrogens (tertiary/aromatic N) is 2. The molecular weight excluding hydrogens is 364 g/mol. The van der Waals surface area contributed by atoms with Gasteiger partial charge >= 0.3 is 11.7 Å². The van der Waals surface area contributed by atoms with E-state index in [1.165, 1.54) is 12.1 Å². The topological polar surface area (TPSA) is 99.0 Å². The van der Waals surface area contributed by atoms with Crippen LogP contribution < -0.4 is 9.64 Å². The zero-order valence-electron chi connectivity index (χ0n) is 15.6. The van der Waals surface area contributed by atoms with Crippen LogP contribution in [0.1, 0.15) is 29.8 Å². The van der Waals surface area contributed by atoms with Crippen molar-refractivity contribution in [3.63, 3.8) is 0 Å². The maximum absolute atomic E-state index is 12.6. The van der Waals surface area contributed by atoms with E-state index in [1.54, 1.807) is 11.8 Å². The number of carbonyl (C=O) groups excluding carboxylic acids is 2. The zero-order valence-corrected chi connectivity index (χ0v) is 15.6. The van der Waals surface area contributed by atoms with E-state index in [1.807, 2.05) is 31.2 Å². The molecule has 0 saturated carbocycles. The van der Waals surface area contributed by atoms with Crippen molar-refractivity contribution >= 4 is 23.3 Å². The van der Waals surface area contributed by atoms with Crippen molar-refractivity contribution in [1.82, 2.24) is 0 Å². The summed E-state index contributed by atoms with van der Waals surface area (Å²) in [6, 6.07) is 11.4. The van der Waals surface area contributed by atoms with Gasteiger partial charge in [-0.25, -0.2) is 4.79 Å². The van der Waals surface area contributed by atoms with Gasteiger partial charge in [-0.15, -0.1) is 0 Å². The summed E-state index contributed by atoms with van der Waals surface area (Å²) in [7, 11) is 0. The molecule has 2 aromatic rings. The minimum absolute atomic E-state index is 0.0159. The van der Waals surface area contributed by atoms with E-state index in [2.05, 4.69) is 0 Å². The zero-order chi connectivity index (χ0) is 20.3. The number of nitro groups is 1. The van der Waals surface area contributed by atoms with Crippen LogP contribution in [0.25, 0.3) is 0 Å². The van der Waals surface area contributed by atoms with Crippen molar-refractivity contribution in [3.8, 4) is 5.75 Å². The van der Waals surface area contributed by atoms with Crippen LogP contribution in [0.5, 0.6) is 5.75 Å². The fourth-order valence-electron chi connectivity index (χ4n) is 3.29. The first-order chi connectivity index (χ1) is 13.4. The number of fused-ring (bicyclic) bond motifs is 1. The van der Waals surface area contributed by atoms with Crippen molar-refractivity contribution in [3.05, 3.63) is 63.7 Å². The van der Waals surface area contributed by atoms with Gasteiger partial charge in [0.25, 0.3) is 5.91 Å². The van der Waals surface area contributed by atoms with Gasteiger partial charge in [-0.2, -0.15) is 0 Å². The van der Waals surface area contributed by atoms with Crippen LogP contribution in [-0.2, 0) is 16.0 Å². The Labute approximate surface area is 161 Å². The van der Waals surface area contributed by atoms with Crippen molar-refractivity contribution in [2.24, 2.45) is 0 Å². The summed E-state index contributed by atoms with van der Waals surface area (Å²) in [5, 5.41) is 11.2. The number of para-hydroxylation sites is 1. The van der Waals surface area contributed by atoms with Crippen LogP contribution in [0.15, 0.2) is 42.5 Å². The van der Waals surface area contributed by atoms with E-state index in [0.717, 1.165) is 23.7 Å². The highest BCUT2D eigenvalue weighted by Gasteiger charge is 2.31. The highest BCUT2D eigenvalue weighted by Crippen LogP contribution is 2.32. The Kier molecular flexibility index (Phi) is 5.58. The minimum Gasteiger partial charge on any atom is -0.487 e. The molecule has 1 aliphatic heterocycles. The fourth-order valence-corrected chi connectivity index (χ4v) is 3.29. The molecule has 8 heteroatoms. The highest BCUT2D eigenvalue weighted by atomic mass is 16.6. The summed E-state index contributed by atoms with van der Waals surface area (Å²) in [4.78, 5) is 37.0. The number of amides is 1. The number of benzene rings is 2. The standard InChI is InChI=1S/C20H20N2O6/c1-3-27-18-9-8-15(11-17(18)22(25)26)20(24)28-12-19(23)21-13(2)10-14-6-4-5-7-16(14)21/h4-9,11,13H,3,10,12H2,1-2H3/t13-/m1/s1. The molecule has 0 aromatic heterocycles. The molecule has 146 valence electrons. The lowest BCUT2D eigenvalue weighted by Crippen LogP contribution is -2.38. The summed E-state index contributed by atoms with van der Waals surface area (Å²) >= 11 is 0. The molecule has 1 atom stereocenters. The Morgan fingerprint density at radius 2 is 2.00 bits per heavy atom. The first kappa shape index (κ1) is 19.3. The Balaban J connectivity index is 1.70. The lowest BCUT2D eigenvalue weighted by atomic mass is 10.1. The Morgan fingerprint density at radius 1 is 1.25 bits per heavy atom. The maximum atomic E-state index is 12.6. The average molecular weight is 384 g/mol. The third-order valence-corrected chi connectivity index (χ3v) is 4.49. The van der Waals surface area contributed by atoms with E-state index < -0.39 is 17.5 Å². The molecule has 0 spiro atoms. The molecule has 1 heterocycles. The summed E-state index contributed by atoms with van der Waals surface area (Å²) < 4.78 is 10.3. The van der Waals surface area contributed by atoms with Crippen LogP contribution in [-0.4, -0.2) is 36.1 Å². The number of anilines is 1. The maximum Gasteiger partial charge on any atom is 0.338 e. The molecule has 0 unspecified atom stereocenters. The Hall–Kier alpha value is -3.42. The molecule has 0 N–H and O–H groups in total. The van der Waals surface area contributed by atoms with Gasteiger partial charge in [-0.3, -0.25) is 14.9 Å². The number of ether oxygens (including phenoxy) is 2. The quantitative estimate of drug-likeness (QED) is 0.431. The van der Waals surface area contributed by atoms with Crippen LogP contribution in [0.3, 0.4) is 0 Å². The van der Waals surface area contributed by atoms with Crippen molar-refractivity contribution in [2.75, 3.05) is 18.1 Å². The van der Waals surface area contributed by atoms with E-state index in [4.69, 9.17) is 9.47 Å². The number of hydrogen-bond donors (Lipinski definition) is 0. The summed E-state index contributed by atoms with van der Waals surface area (Å²) in [6.45, 7) is 3.44. The number of nitro benzene ring substituents is 1. The van der Waals surface area contributed by atoms with Crippen molar-refractivity contribution in [1.29, 1.82) is 0 Å². The van der Waals surface area contributed by atoms with Gasteiger partial charge in [-0.1, -0.05) is 18.2 Å². The predicted octanol–water partition coefficient (Wildman–Crippen LogP) is 3.13. The van der Waals surface area contributed by atoms with E-state index in [-0.39, 0.29) is 35.6 Å². The average Bonchev–Trinajstić information content (AvgIpc) is 3.02. The highest BCUT2D eigenvalue weighted by molar-refractivity contribution is 5.99. The SMILES string of the molecule is CCOc1ccc(C(=O)OCC(=O)N2c3ccccc3C[C@H]2C)cc1[N+](=O)[O-]. The smallest absolute Gasteiger partial charge is 0.338 e. The fraction of sp³-hybridized carbons (Fsp3) is 0.300. The van der Waals surface area contributed by atoms with Gasteiger partial charge in [-0.05, 0) is 44.0 Å². The molecule has 3 rings (SSSR count). The van der Waals surface area contributed by atoms with Gasteiger partial charge in [0.05, 0.1) is 17.1 Å². The molecule has 0 radical (unpaired) electrons. The van der Waals surface area contributed by atoms with Crippen LogP contribution in [0, 0.1) is 10.1 Å². The first-order valence-corrected chi connectivity index (χ1v) is 8.90. The van der Waals surface area contributed by atoms with Gasteiger partial charge < -0.3 is 14.4 Å². The van der Waals surface area contributed by atoms with Crippen molar-refractivity contribution < 1.29 is 24.0 Å². The van der Waals surface area contributed by atoms with Gasteiger partial charge in [0, 0.05) is 17.8 Å². The van der Waals surface area contributed by atoms with E-state index in [9.17, 15) is 19.7 Å². The van der Waals surface area contributed by atoms with Gasteiger partial charge in [0.15, 0.2) is 12.4 Å². The Bertz CT molecular complexity index is 927. The van der Waals surface area contributed by atoms with Crippen LogP contribution in [0.4, 0.5) is 11.4 Å². The number of rotatable bonds is 6. The molecule has 1 amide bonds. The second-order valence-corrected chi connectivity index (χ2v) is 6.39. The Morgan fingerprint density at radius 3 is 2.71 bits per heavy atom. The molecule has 8 nitrogen and oxygen atoms in total. The third kappa shape index (κ3) is 3.80.